The fourth-order valence-corrected chi connectivity index (χ4v) is 2.62. The van der Waals surface area contributed by atoms with Gasteiger partial charge in [0.1, 0.15) is 11.5 Å². The van der Waals surface area contributed by atoms with E-state index in [1.54, 1.807) is 36.9 Å². The number of anilines is 1. The number of nitrogens with zero attached hydrogens (tertiary/aromatic N) is 2. The molecule has 1 N–H and O–H groups in total. The van der Waals surface area contributed by atoms with Crippen molar-refractivity contribution in [2.45, 2.75) is 6.92 Å². The van der Waals surface area contributed by atoms with Crippen LogP contribution in [0.25, 0.3) is 11.8 Å². The molecule has 0 unspecified atom stereocenters. The minimum atomic E-state index is -0.430. The highest BCUT2D eigenvalue weighted by Crippen LogP contribution is 2.14. The van der Waals surface area contributed by atoms with Crippen LogP contribution in [0.1, 0.15) is 11.3 Å². The molecule has 1 amide bonds. The Morgan fingerprint density at radius 2 is 1.73 bits per heavy atom. The molecule has 0 aliphatic heterocycles. The summed E-state index contributed by atoms with van der Waals surface area (Å²) < 4.78 is 16.1. The molecular weight excluding hydrogens is 333 g/mol. The predicted molar refractivity (Wildman–Crippen MR) is 99.8 cm³/mol. The van der Waals surface area contributed by atoms with Crippen LogP contribution < -0.4 is 10.9 Å². The highest BCUT2D eigenvalue weighted by Gasteiger charge is 2.17. The van der Waals surface area contributed by atoms with E-state index >= 15 is 0 Å². The molecule has 0 radical (unpaired) electrons. The van der Waals surface area contributed by atoms with Crippen LogP contribution >= 0.6 is 0 Å². The molecule has 1 heterocycles. The van der Waals surface area contributed by atoms with Crippen molar-refractivity contribution in [1.82, 2.24) is 9.36 Å². The number of benzene rings is 2. The van der Waals surface area contributed by atoms with Gasteiger partial charge in [0, 0.05) is 13.1 Å². The number of hydrogen-bond donors (Lipinski definition) is 1. The van der Waals surface area contributed by atoms with Crippen molar-refractivity contribution < 1.29 is 9.18 Å². The number of carbonyl (C=O) groups is 1. The summed E-state index contributed by atoms with van der Waals surface area (Å²) in [6, 6.07) is 15.0. The number of aromatic nitrogens is 2. The van der Waals surface area contributed by atoms with E-state index in [9.17, 15) is 14.0 Å². The Labute approximate surface area is 150 Å². The van der Waals surface area contributed by atoms with Gasteiger partial charge in [-0.15, -0.1) is 0 Å². The van der Waals surface area contributed by atoms with E-state index in [0.29, 0.717) is 16.9 Å². The van der Waals surface area contributed by atoms with Crippen molar-refractivity contribution in [2.75, 3.05) is 5.32 Å². The van der Waals surface area contributed by atoms with Crippen molar-refractivity contribution >= 4 is 17.7 Å². The van der Waals surface area contributed by atoms with Crippen LogP contribution in [0.3, 0.4) is 0 Å². The molecule has 6 heteroatoms. The van der Waals surface area contributed by atoms with E-state index in [0.717, 1.165) is 0 Å². The molecule has 2 aromatic carbocycles. The topological polar surface area (TPSA) is 56.0 Å². The van der Waals surface area contributed by atoms with Crippen LogP contribution in [0.4, 0.5) is 10.1 Å². The summed E-state index contributed by atoms with van der Waals surface area (Å²) >= 11 is 0. The lowest BCUT2D eigenvalue weighted by molar-refractivity contribution is -0.111. The van der Waals surface area contributed by atoms with E-state index in [2.05, 4.69) is 5.32 Å². The van der Waals surface area contributed by atoms with Gasteiger partial charge < -0.3 is 5.32 Å². The molecule has 3 aromatic rings. The van der Waals surface area contributed by atoms with E-state index in [-0.39, 0.29) is 17.1 Å². The zero-order valence-corrected chi connectivity index (χ0v) is 14.4. The molecule has 0 spiro atoms. The second kappa shape index (κ2) is 7.23. The summed E-state index contributed by atoms with van der Waals surface area (Å²) in [6.45, 7) is 1.76. The van der Waals surface area contributed by atoms with Gasteiger partial charge in [-0.2, -0.15) is 0 Å². The van der Waals surface area contributed by atoms with Gasteiger partial charge in [0.15, 0.2) is 0 Å². The number of nitrogens with one attached hydrogen (secondary N) is 1. The Bertz CT molecular complexity index is 1020. The number of carbonyl (C=O) groups excluding carboxylic acids is 1. The first kappa shape index (κ1) is 17.4. The third kappa shape index (κ3) is 3.49. The predicted octanol–water partition coefficient (Wildman–Crippen LogP) is 3.28. The lowest BCUT2D eigenvalue weighted by Gasteiger charge is -2.07. The Morgan fingerprint density at radius 3 is 2.38 bits per heavy atom. The van der Waals surface area contributed by atoms with Crippen molar-refractivity contribution in [3.63, 3.8) is 0 Å². The molecule has 0 atom stereocenters. The minimum absolute atomic E-state index is 0.227. The summed E-state index contributed by atoms with van der Waals surface area (Å²) in [7, 11) is 1.76. The zero-order valence-electron chi connectivity index (χ0n) is 14.4. The number of halogens is 1. The first-order valence-electron chi connectivity index (χ1n) is 8.06. The molecule has 0 saturated heterocycles. The number of rotatable bonds is 4. The second-order valence-electron chi connectivity index (χ2n) is 5.81. The molecule has 0 fully saturated rings. The van der Waals surface area contributed by atoms with Crippen molar-refractivity contribution in [1.29, 1.82) is 0 Å². The van der Waals surface area contributed by atoms with Crippen molar-refractivity contribution in [3.8, 4) is 5.69 Å². The number of amides is 1. The zero-order chi connectivity index (χ0) is 18.7. The molecule has 26 heavy (non-hydrogen) atoms. The maximum absolute atomic E-state index is 12.9. The maximum atomic E-state index is 12.9. The van der Waals surface area contributed by atoms with Crippen LogP contribution in [0.15, 0.2) is 65.5 Å². The largest absolute Gasteiger partial charge is 0.316 e. The normalized spacial score (nSPS) is 11.0. The van der Waals surface area contributed by atoms with E-state index in [1.807, 2.05) is 30.3 Å². The lowest BCUT2D eigenvalue weighted by atomic mass is 10.2. The van der Waals surface area contributed by atoms with Crippen LogP contribution in [0.2, 0.25) is 0 Å². The average molecular weight is 351 g/mol. The van der Waals surface area contributed by atoms with Gasteiger partial charge in [0.05, 0.1) is 11.4 Å². The maximum Gasteiger partial charge on any atom is 0.295 e. The molecule has 0 aliphatic carbocycles. The Morgan fingerprint density at radius 1 is 1.08 bits per heavy atom. The third-order valence-corrected chi connectivity index (χ3v) is 4.10. The molecular formula is C20H18FN3O2. The summed E-state index contributed by atoms with van der Waals surface area (Å²) in [5.74, 6) is -0.770. The van der Waals surface area contributed by atoms with Crippen LogP contribution in [0.5, 0.6) is 0 Å². The highest BCUT2D eigenvalue weighted by atomic mass is 19.1. The quantitative estimate of drug-likeness (QED) is 0.734. The van der Waals surface area contributed by atoms with Gasteiger partial charge in [0.2, 0.25) is 5.91 Å². The monoisotopic (exact) mass is 351 g/mol. The summed E-state index contributed by atoms with van der Waals surface area (Å²) in [5, 5.41) is 2.64. The summed E-state index contributed by atoms with van der Waals surface area (Å²) in [4.78, 5) is 24.9. The third-order valence-electron chi connectivity index (χ3n) is 4.10. The van der Waals surface area contributed by atoms with Gasteiger partial charge in [-0.05, 0) is 42.8 Å². The smallest absolute Gasteiger partial charge is 0.295 e. The van der Waals surface area contributed by atoms with E-state index in [4.69, 9.17) is 0 Å². The number of para-hydroxylation sites is 1. The molecule has 0 saturated carbocycles. The molecule has 1 aromatic heterocycles. The fourth-order valence-electron chi connectivity index (χ4n) is 2.62. The lowest BCUT2D eigenvalue weighted by Crippen LogP contribution is -2.22. The Hall–Kier alpha value is -3.41. The summed E-state index contributed by atoms with van der Waals surface area (Å²) in [6.07, 6.45) is 2.87. The first-order chi connectivity index (χ1) is 12.5. The summed E-state index contributed by atoms with van der Waals surface area (Å²) in [5.41, 5.74) is 1.96. The minimum Gasteiger partial charge on any atom is -0.316 e. The molecule has 3 rings (SSSR count). The van der Waals surface area contributed by atoms with Crippen LogP contribution in [-0.2, 0) is 11.8 Å². The van der Waals surface area contributed by atoms with Gasteiger partial charge in [-0.25, -0.2) is 9.07 Å². The highest BCUT2D eigenvalue weighted by molar-refractivity contribution is 6.02. The SMILES string of the molecule is Cc1c(NC(=O)/C=C/c2ccc(F)cc2)c(=O)n(-c2ccccc2)n1C. The molecule has 5 nitrogen and oxygen atoms in total. The van der Waals surface area contributed by atoms with Gasteiger partial charge >= 0.3 is 0 Å². The van der Waals surface area contributed by atoms with Crippen LogP contribution in [0, 0.1) is 12.7 Å². The Kier molecular flexibility index (Phi) is 4.84. The van der Waals surface area contributed by atoms with E-state index in [1.165, 1.54) is 22.9 Å². The van der Waals surface area contributed by atoms with Gasteiger partial charge in [-0.1, -0.05) is 30.3 Å². The second-order valence-corrected chi connectivity index (χ2v) is 5.81. The molecule has 0 aliphatic rings. The van der Waals surface area contributed by atoms with Crippen molar-refractivity contribution in [3.05, 3.63) is 88.1 Å². The Balaban J connectivity index is 1.85. The van der Waals surface area contributed by atoms with Gasteiger partial charge in [0.25, 0.3) is 5.56 Å². The average Bonchev–Trinajstić information content (AvgIpc) is 2.85. The standard InChI is InChI=1S/C20H18FN3O2/c1-14-19(20(26)24(23(14)2)17-6-4-3-5-7-17)22-18(25)13-10-15-8-11-16(21)12-9-15/h3-13H,1-2H3,(H,22,25)/b13-10+. The fraction of sp³-hybridized carbons (Fsp3) is 0.100. The van der Waals surface area contributed by atoms with Crippen LogP contribution in [-0.4, -0.2) is 15.3 Å². The molecule has 0 bridgehead atoms. The van der Waals surface area contributed by atoms with Gasteiger partial charge in [-0.3, -0.25) is 14.3 Å². The van der Waals surface area contributed by atoms with E-state index < -0.39 is 5.91 Å². The van der Waals surface area contributed by atoms with Crippen molar-refractivity contribution in [2.24, 2.45) is 7.05 Å². The first-order valence-corrected chi connectivity index (χ1v) is 8.06. The number of hydrogen-bond acceptors (Lipinski definition) is 2. The molecule has 132 valence electrons.